The Morgan fingerprint density at radius 3 is 2.71 bits per heavy atom. The van der Waals surface area contributed by atoms with Crippen molar-refractivity contribution in [3.63, 3.8) is 0 Å². The Balaban J connectivity index is 2.22. The summed E-state index contributed by atoms with van der Waals surface area (Å²) in [6, 6.07) is 8.62. The molecule has 4 nitrogen and oxygen atoms in total. The van der Waals surface area contributed by atoms with Gasteiger partial charge in [-0.1, -0.05) is 32.0 Å². The van der Waals surface area contributed by atoms with Gasteiger partial charge in [0.2, 0.25) is 5.95 Å². The summed E-state index contributed by atoms with van der Waals surface area (Å²) in [5.41, 5.74) is 3.60. The summed E-state index contributed by atoms with van der Waals surface area (Å²) in [7, 11) is 0. The summed E-state index contributed by atoms with van der Waals surface area (Å²) >= 11 is 0. The van der Waals surface area contributed by atoms with Crippen molar-refractivity contribution in [2.75, 3.05) is 10.6 Å². The Labute approximate surface area is 127 Å². The highest BCUT2D eigenvalue weighted by atomic mass is 15.1. The second kappa shape index (κ2) is 7.07. The summed E-state index contributed by atoms with van der Waals surface area (Å²) in [4.78, 5) is 8.86. The minimum atomic E-state index is 0.400. The lowest BCUT2D eigenvalue weighted by atomic mass is 10.1. The van der Waals surface area contributed by atoms with Crippen molar-refractivity contribution in [2.45, 2.75) is 46.6 Å². The lowest BCUT2D eigenvalue weighted by Gasteiger charge is -2.15. The lowest BCUT2D eigenvalue weighted by Crippen LogP contribution is -2.15. The number of benzene rings is 1. The number of nitrogens with one attached hydrogen (secondary N) is 2. The minimum Gasteiger partial charge on any atom is -0.367 e. The van der Waals surface area contributed by atoms with Crippen LogP contribution in [-0.4, -0.2) is 16.0 Å². The maximum absolute atomic E-state index is 4.54. The van der Waals surface area contributed by atoms with E-state index in [4.69, 9.17) is 0 Å². The molecule has 2 rings (SSSR count). The standard InChI is InChI=1S/C17H24N4/c1-5-13(4)19-15-10-11-18-17(20-15)21-16-12(3)8-7-9-14(16)6-2/h7-11,13H,5-6H2,1-4H3,(H2,18,19,20,21). The summed E-state index contributed by atoms with van der Waals surface area (Å²) in [5.74, 6) is 1.49. The molecule has 0 aliphatic rings. The molecule has 2 N–H and O–H groups in total. The number of anilines is 3. The molecular weight excluding hydrogens is 260 g/mol. The van der Waals surface area contributed by atoms with Crippen LogP contribution in [0.15, 0.2) is 30.5 Å². The molecule has 1 unspecified atom stereocenters. The molecule has 0 aliphatic carbocycles. The first-order chi connectivity index (χ1) is 10.1. The van der Waals surface area contributed by atoms with E-state index in [0.29, 0.717) is 12.0 Å². The third-order valence-electron chi connectivity index (χ3n) is 3.64. The van der Waals surface area contributed by atoms with Crippen LogP contribution in [0.5, 0.6) is 0 Å². The van der Waals surface area contributed by atoms with E-state index < -0.39 is 0 Å². The van der Waals surface area contributed by atoms with Gasteiger partial charge < -0.3 is 10.6 Å². The van der Waals surface area contributed by atoms with Crippen LogP contribution in [0, 0.1) is 6.92 Å². The van der Waals surface area contributed by atoms with Gasteiger partial charge >= 0.3 is 0 Å². The molecule has 1 aromatic carbocycles. The molecule has 0 aliphatic heterocycles. The highest BCUT2D eigenvalue weighted by molar-refractivity contribution is 5.63. The van der Waals surface area contributed by atoms with E-state index in [0.717, 1.165) is 24.3 Å². The number of para-hydroxylation sites is 1. The van der Waals surface area contributed by atoms with E-state index in [1.807, 2.05) is 6.07 Å². The fourth-order valence-corrected chi connectivity index (χ4v) is 2.17. The maximum Gasteiger partial charge on any atom is 0.229 e. The number of hydrogen-bond donors (Lipinski definition) is 2. The van der Waals surface area contributed by atoms with Crippen molar-refractivity contribution in [3.05, 3.63) is 41.6 Å². The molecule has 1 heterocycles. The molecule has 21 heavy (non-hydrogen) atoms. The largest absolute Gasteiger partial charge is 0.367 e. The van der Waals surface area contributed by atoms with Gasteiger partial charge in [0.1, 0.15) is 5.82 Å². The van der Waals surface area contributed by atoms with Gasteiger partial charge in [0.25, 0.3) is 0 Å². The predicted molar refractivity (Wildman–Crippen MR) is 89.2 cm³/mol. The SMILES string of the molecule is CCc1cccc(C)c1Nc1nccc(NC(C)CC)n1. The Hall–Kier alpha value is -2.10. The summed E-state index contributed by atoms with van der Waals surface area (Å²) in [5, 5.41) is 6.73. The number of rotatable bonds is 6. The van der Waals surface area contributed by atoms with Gasteiger partial charge in [-0.2, -0.15) is 4.98 Å². The summed E-state index contributed by atoms with van der Waals surface area (Å²) in [6.07, 6.45) is 3.82. The van der Waals surface area contributed by atoms with Crippen molar-refractivity contribution in [3.8, 4) is 0 Å². The fourth-order valence-electron chi connectivity index (χ4n) is 2.17. The van der Waals surface area contributed by atoms with E-state index in [1.54, 1.807) is 6.20 Å². The van der Waals surface area contributed by atoms with Crippen molar-refractivity contribution >= 4 is 17.5 Å². The number of nitrogens with zero attached hydrogens (tertiary/aromatic N) is 2. The quantitative estimate of drug-likeness (QED) is 0.830. The van der Waals surface area contributed by atoms with Crippen LogP contribution in [0.3, 0.4) is 0 Å². The van der Waals surface area contributed by atoms with Gasteiger partial charge in [0, 0.05) is 17.9 Å². The second-order valence-electron chi connectivity index (χ2n) is 5.31. The molecule has 112 valence electrons. The van der Waals surface area contributed by atoms with Crippen LogP contribution in [0.4, 0.5) is 17.5 Å². The zero-order valence-electron chi connectivity index (χ0n) is 13.3. The average molecular weight is 284 g/mol. The van der Waals surface area contributed by atoms with E-state index in [9.17, 15) is 0 Å². The van der Waals surface area contributed by atoms with Crippen LogP contribution >= 0.6 is 0 Å². The van der Waals surface area contributed by atoms with Crippen molar-refractivity contribution < 1.29 is 0 Å². The molecule has 0 amide bonds. The minimum absolute atomic E-state index is 0.400. The second-order valence-corrected chi connectivity index (χ2v) is 5.31. The highest BCUT2D eigenvalue weighted by Gasteiger charge is 2.07. The van der Waals surface area contributed by atoms with Gasteiger partial charge in [-0.05, 0) is 43.9 Å². The van der Waals surface area contributed by atoms with Gasteiger partial charge in [-0.25, -0.2) is 4.98 Å². The van der Waals surface area contributed by atoms with Crippen LogP contribution < -0.4 is 10.6 Å². The van der Waals surface area contributed by atoms with Gasteiger partial charge in [-0.3, -0.25) is 0 Å². The first kappa shape index (κ1) is 15.3. The van der Waals surface area contributed by atoms with Gasteiger partial charge in [0.15, 0.2) is 0 Å². The van der Waals surface area contributed by atoms with Gasteiger partial charge in [0.05, 0.1) is 0 Å². The molecule has 4 heteroatoms. The van der Waals surface area contributed by atoms with Crippen LogP contribution in [0.25, 0.3) is 0 Å². The third-order valence-corrected chi connectivity index (χ3v) is 3.64. The number of aryl methyl sites for hydroxylation is 2. The monoisotopic (exact) mass is 284 g/mol. The van der Waals surface area contributed by atoms with Crippen LogP contribution in [-0.2, 0) is 6.42 Å². The normalized spacial score (nSPS) is 12.0. The van der Waals surface area contributed by atoms with Crippen molar-refractivity contribution in [1.82, 2.24) is 9.97 Å². The maximum atomic E-state index is 4.54. The molecule has 0 fully saturated rings. The smallest absolute Gasteiger partial charge is 0.229 e. The average Bonchev–Trinajstić information content (AvgIpc) is 2.49. The summed E-state index contributed by atoms with van der Waals surface area (Å²) in [6.45, 7) is 8.55. The zero-order chi connectivity index (χ0) is 15.2. The summed E-state index contributed by atoms with van der Waals surface area (Å²) < 4.78 is 0. The van der Waals surface area contributed by atoms with E-state index in [2.05, 4.69) is 66.5 Å². The fraction of sp³-hybridized carbons (Fsp3) is 0.412. The Kier molecular flexibility index (Phi) is 5.14. The Morgan fingerprint density at radius 2 is 2.00 bits per heavy atom. The molecule has 1 aromatic heterocycles. The molecule has 0 saturated carbocycles. The molecule has 0 radical (unpaired) electrons. The Morgan fingerprint density at radius 1 is 1.19 bits per heavy atom. The first-order valence-electron chi connectivity index (χ1n) is 7.59. The van der Waals surface area contributed by atoms with Crippen molar-refractivity contribution in [2.24, 2.45) is 0 Å². The number of hydrogen-bond acceptors (Lipinski definition) is 4. The van der Waals surface area contributed by atoms with Crippen LogP contribution in [0.1, 0.15) is 38.3 Å². The number of aromatic nitrogens is 2. The third kappa shape index (κ3) is 3.94. The van der Waals surface area contributed by atoms with E-state index >= 15 is 0 Å². The molecule has 0 spiro atoms. The first-order valence-corrected chi connectivity index (χ1v) is 7.59. The lowest BCUT2D eigenvalue weighted by molar-refractivity contribution is 0.758. The Bertz CT molecular complexity index is 595. The van der Waals surface area contributed by atoms with E-state index in [-0.39, 0.29) is 0 Å². The molecule has 1 atom stereocenters. The topological polar surface area (TPSA) is 49.8 Å². The van der Waals surface area contributed by atoms with Crippen LogP contribution in [0.2, 0.25) is 0 Å². The zero-order valence-corrected chi connectivity index (χ0v) is 13.3. The molecule has 0 bridgehead atoms. The van der Waals surface area contributed by atoms with E-state index in [1.165, 1.54) is 11.1 Å². The molecular formula is C17H24N4. The van der Waals surface area contributed by atoms with Crippen molar-refractivity contribution in [1.29, 1.82) is 0 Å². The molecule has 2 aromatic rings. The highest BCUT2D eigenvalue weighted by Crippen LogP contribution is 2.24. The predicted octanol–water partition coefficient (Wildman–Crippen LogP) is 4.30. The molecule has 0 saturated heterocycles. The van der Waals surface area contributed by atoms with Gasteiger partial charge in [-0.15, -0.1) is 0 Å².